The summed E-state index contributed by atoms with van der Waals surface area (Å²) in [5.74, 6) is 2.04. The summed E-state index contributed by atoms with van der Waals surface area (Å²) in [5, 5.41) is 0. The van der Waals surface area contributed by atoms with E-state index in [0.29, 0.717) is 45.4 Å². The van der Waals surface area contributed by atoms with Crippen LogP contribution < -0.4 is 23.7 Å². The Morgan fingerprint density at radius 1 is 0.692 bits per heavy atom. The normalized spacial score (nSPS) is 10.0. The SMILES string of the molecule is C=C(C(=O)c1cc(OC)c(OC)c(OC)c1)c1ccc(OC)c(OC)c1. The van der Waals surface area contributed by atoms with E-state index in [9.17, 15) is 4.79 Å². The summed E-state index contributed by atoms with van der Waals surface area (Å²) in [6.07, 6.45) is 0. The third-order valence-electron chi connectivity index (χ3n) is 3.93. The lowest BCUT2D eigenvalue weighted by Crippen LogP contribution is -2.05. The summed E-state index contributed by atoms with van der Waals surface area (Å²) < 4.78 is 26.4. The molecule has 0 bridgehead atoms. The van der Waals surface area contributed by atoms with Crippen molar-refractivity contribution < 1.29 is 28.5 Å². The molecule has 0 aliphatic heterocycles. The van der Waals surface area contributed by atoms with Gasteiger partial charge < -0.3 is 23.7 Å². The third-order valence-corrected chi connectivity index (χ3v) is 3.93. The van der Waals surface area contributed by atoms with Crippen molar-refractivity contribution >= 4 is 11.4 Å². The van der Waals surface area contributed by atoms with Crippen LogP contribution in [-0.4, -0.2) is 41.3 Å². The molecule has 0 spiro atoms. The van der Waals surface area contributed by atoms with Gasteiger partial charge in [-0.2, -0.15) is 0 Å². The maximum absolute atomic E-state index is 12.9. The van der Waals surface area contributed by atoms with Gasteiger partial charge >= 0.3 is 0 Å². The van der Waals surface area contributed by atoms with Gasteiger partial charge in [0.25, 0.3) is 0 Å². The highest BCUT2D eigenvalue weighted by Gasteiger charge is 2.20. The van der Waals surface area contributed by atoms with Crippen LogP contribution in [0.15, 0.2) is 36.9 Å². The number of hydrogen-bond donors (Lipinski definition) is 0. The van der Waals surface area contributed by atoms with Crippen LogP contribution in [0.3, 0.4) is 0 Å². The molecular weight excluding hydrogens is 336 g/mol. The number of Topliss-reactive ketones (excluding diaryl/α,β-unsaturated/α-hetero) is 1. The van der Waals surface area contributed by atoms with Crippen LogP contribution in [0.2, 0.25) is 0 Å². The number of rotatable bonds is 8. The molecule has 0 fully saturated rings. The summed E-state index contributed by atoms with van der Waals surface area (Å²) in [6.45, 7) is 3.93. The molecule has 0 amide bonds. The molecule has 6 heteroatoms. The lowest BCUT2D eigenvalue weighted by atomic mass is 9.97. The van der Waals surface area contributed by atoms with Crippen molar-refractivity contribution in [3.05, 3.63) is 48.0 Å². The number of methoxy groups -OCH3 is 5. The van der Waals surface area contributed by atoms with E-state index in [1.807, 2.05) is 0 Å². The fraction of sp³-hybridized carbons (Fsp3) is 0.250. The quantitative estimate of drug-likeness (QED) is 0.530. The zero-order chi connectivity index (χ0) is 19.3. The first-order valence-electron chi connectivity index (χ1n) is 7.76. The van der Waals surface area contributed by atoms with Crippen molar-refractivity contribution in [1.29, 1.82) is 0 Å². The van der Waals surface area contributed by atoms with Gasteiger partial charge in [-0.15, -0.1) is 0 Å². The Hall–Kier alpha value is -3.15. The average molecular weight is 358 g/mol. The van der Waals surface area contributed by atoms with Gasteiger partial charge in [0.15, 0.2) is 28.8 Å². The molecule has 2 rings (SSSR count). The highest BCUT2D eigenvalue weighted by Crippen LogP contribution is 2.39. The van der Waals surface area contributed by atoms with Crippen molar-refractivity contribution in [1.82, 2.24) is 0 Å². The van der Waals surface area contributed by atoms with Gasteiger partial charge in [0.2, 0.25) is 5.75 Å². The second-order valence-electron chi connectivity index (χ2n) is 5.29. The topological polar surface area (TPSA) is 63.2 Å². The van der Waals surface area contributed by atoms with Crippen molar-refractivity contribution in [2.45, 2.75) is 0 Å². The van der Waals surface area contributed by atoms with Crippen LogP contribution in [0.4, 0.5) is 0 Å². The summed E-state index contributed by atoms with van der Waals surface area (Å²) in [4.78, 5) is 12.9. The summed E-state index contributed by atoms with van der Waals surface area (Å²) in [5.41, 5.74) is 1.31. The van der Waals surface area contributed by atoms with E-state index >= 15 is 0 Å². The average Bonchev–Trinajstić information content (AvgIpc) is 2.70. The van der Waals surface area contributed by atoms with E-state index in [4.69, 9.17) is 23.7 Å². The first kappa shape index (κ1) is 19.2. The summed E-state index contributed by atoms with van der Waals surface area (Å²) in [6, 6.07) is 8.36. The molecule has 0 radical (unpaired) electrons. The summed E-state index contributed by atoms with van der Waals surface area (Å²) >= 11 is 0. The predicted octanol–water partition coefficient (Wildman–Crippen LogP) is 3.63. The Balaban J connectivity index is 2.44. The smallest absolute Gasteiger partial charge is 0.203 e. The Labute approximate surface area is 152 Å². The minimum Gasteiger partial charge on any atom is -0.493 e. The molecule has 0 aromatic heterocycles. The van der Waals surface area contributed by atoms with Crippen LogP contribution in [0.25, 0.3) is 5.57 Å². The molecule has 2 aromatic carbocycles. The third kappa shape index (κ3) is 3.59. The van der Waals surface area contributed by atoms with Gasteiger partial charge in [-0.1, -0.05) is 12.6 Å². The molecule has 6 nitrogen and oxygen atoms in total. The largest absolute Gasteiger partial charge is 0.493 e. The Morgan fingerprint density at radius 2 is 1.19 bits per heavy atom. The van der Waals surface area contributed by atoms with Crippen molar-refractivity contribution in [2.24, 2.45) is 0 Å². The number of carbonyl (C=O) groups is 1. The van der Waals surface area contributed by atoms with Crippen LogP contribution in [-0.2, 0) is 0 Å². The molecule has 0 saturated carbocycles. The molecule has 0 heterocycles. The van der Waals surface area contributed by atoms with Crippen molar-refractivity contribution in [3.63, 3.8) is 0 Å². The van der Waals surface area contributed by atoms with Crippen LogP contribution in [0.1, 0.15) is 15.9 Å². The Kier molecular flexibility index (Phi) is 6.11. The number of allylic oxidation sites excluding steroid dienone is 1. The second kappa shape index (κ2) is 8.29. The molecule has 0 aliphatic rings. The van der Waals surface area contributed by atoms with Gasteiger partial charge in [-0.3, -0.25) is 4.79 Å². The number of ketones is 1. The van der Waals surface area contributed by atoms with E-state index in [1.54, 1.807) is 37.4 Å². The first-order chi connectivity index (χ1) is 12.5. The minimum absolute atomic E-state index is 0.267. The van der Waals surface area contributed by atoms with Crippen LogP contribution in [0, 0.1) is 0 Å². The maximum Gasteiger partial charge on any atom is 0.203 e. The molecule has 0 unspecified atom stereocenters. The lowest BCUT2D eigenvalue weighted by molar-refractivity contribution is 0.105. The van der Waals surface area contributed by atoms with Gasteiger partial charge in [0, 0.05) is 11.1 Å². The first-order valence-corrected chi connectivity index (χ1v) is 7.76. The second-order valence-corrected chi connectivity index (χ2v) is 5.29. The number of hydrogen-bond acceptors (Lipinski definition) is 6. The fourth-order valence-corrected chi connectivity index (χ4v) is 2.54. The Bertz CT molecular complexity index is 800. The Morgan fingerprint density at radius 3 is 1.65 bits per heavy atom. The predicted molar refractivity (Wildman–Crippen MR) is 99.0 cm³/mol. The molecule has 2 aromatic rings. The molecular formula is C20H22O6. The van der Waals surface area contributed by atoms with Gasteiger partial charge in [0.1, 0.15) is 0 Å². The van der Waals surface area contributed by atoms with E-state index in [0.717, 1.165) is 0 Å². The summed E-state index contributed by atoms with van der Waals surface area (Å²) in [7, 11) is 7.58. The highest BCUT2D eigenvalue weighted by molar-refractivity contribution is 6.28. The molecule has 0 N–H and O–H groups in total. The van der Waals surface area contributed by atoms with E-state index < -0.39 is 0 Å². The van der Waals surface area contributed by atoms with Crippen LogP contribution in [0.5, 0.6) is 28.7 Å². The van der Waals surface area contributed by atoms with E-state index in [1.165, 1.54) is 28.4 Å². The zero-order valence-corrected chi connectivity index (χ0v) is 15.5. The molecule has 26 heavy (non-hydrogen) atoms. The zero-order valence-electron chi connectivity index (χ0n) is 15.5. The molecule has 0 saturated heterocycles. The van der Waals surface area contributed by atoms with Gasteiger partial charge in [-0.05, 0) is 29.8 Å². The maximum atomic E-state index is 12.9. The standard InChI is InChI=1S/C20H22O6/c1-12(13-7-8-15(22-2)16(9-13)23-3)19(21)14-10-17(24-4)20(26-6)18(11-14)25-5/h7-11H,1H2,2-6H3. The van der Waals surface area contributed by atoms with E-state index in [2.05, 4.69) is 6.58 Å². The minimum atomic E-state index is -0.267. The number of carbonyl (C=O) groups excluding carboxylic acids is 1. The number of benzene rings is 2. The van der Waals surface area contributed by atoms with Gasteiger partial charge in [0.05, 0.1) is 35.5 Å². The molecule has 138 valence electrons. The lowest BCUT2D eigenvalue weighted by Gasteiger charge is -2.15. The van der Waals surface area contributed by atoms with Crippen molar-refractivity contribution in [3.8, 4) is 28.7 Å². The highest BCUT2D eigenvalue weighted by atomic mass is 16.5. The van der Waals surface area contributed by atoms with Crippen molar-refractivity contribution in [2.75, 3.05) is 35.5 Å². The molecule has 0 aliphatic carbocycles. The number of ether oxygens (including phenoxy) is 5. The monoisotopic (exact) mass is 358 g/mol. The van der Waals surface area contributed by atoms with E-state index in [-0.39, 0.29) is 5.78 Å². The van der Waals surface area contributed by atoms with Gasteiger partial charge in [-0.25, -0.2) is 0 Å². The van der Waals surface area contributed by atoms with Crippen LogP contribution >= 0.6 is 0 Å². The fourth-order valence-electron chi connectivity index (χ4n) is 2.54. The molecule has 0 atom stereocenters.